The second kappa shape index (κ2) is 16.7. The second-order valence-electron chi connectivity index (χ2n) is 17.5. The predicted octanol–water partition coefficient (Wildman–Crippen LogP) is 13.1. The Balaban J connectivity index is 0.000000206. The third kappa shape index (κ3) is 8.51. The third-order valence-corrected chi connectivity index (χ3v) is 12.8. The van der Waals surface area contributed by atoms with E-state index in [0.717, 1.165) is 90.1 Å². The number of aryl methyl sites for hydroxylation is 3. The fraction of sp³-hybridized carbons (Fsp3) is 0.212. The van der Waals surface area contributed by atoms with E-state index >= 15 is 0 Å². The number of imidazole rings is 1. The summed E-state index contributed by atoms with van der Waals surface area (Å²) in [6.07, 6.45) is 3.21. The summed E-state index contributed by atoms with van der Waals surface area (Å²) in [6, 6.07) is 48.6. The molecule has 0 aliphatic rings. The molecule has 9 rings (SSSR count). The number of nitrogens with zero attached hydrogens (tertiary/aromatic N) is 4. The summed E-state index contributed by atoms with van der Waals surface area (Å²) in [7, 11) is -1.37. The quantitative estimate of drug-likeness (QED) is 0.123. The molecule has 0 unspecified atom stereocenters. The van der Waals surface area contributed by atoms with Gasteiger partial charge in [-0.3, -0.25) is 4.98 Å². The van der Waals surface area contributed by atoms with Gasteiger partial charge in [0.2, 0.25) is 5.71 Å². The summed E-state index contributed by atoms with van der Waals surface area (Å²) in [6.45, 7) is 20.3. The van der Waals surface area contributed by atoms with Gasteiger partial charge in [-0.25, -0.2) is 4.98 Å². The van der Waals surface area contributed by atoms with Crippen molar-refractivity contribution in [3.63, 3.8) is 0 Å². The molecule has 0 amide bonds. The van der Waals surface area contributed by atoms with E-state index in [9.17, 15) is 0 Å². The maximum atomic E-state index is 6.41. The van der Waals surface area contributed by atoms with Crippen LogP contribution >= 0.6 is 0 Å². The van der Waals surface area contributed by atoms with Crippen molar-refractivity contribution in [3.8, 4) is 39.5 Å². The van der Waals surface area contributed by atoms with E-state index in [-0.39, 0.29) is 25.5 Å². The Morgan fingerprint density at radius 2 is 1.47 bits per heavy atom. The van der Waals surface area contributed by atoms with Crippen molar-refractivity contribution in [2.45, 2.75) is 67.6 Å². The van der Waals surface area contributed by atoms with Gasteiger partial charge in [0.15, 0.2) is 0 Å². The topological polar surface area (TPSA) is 56.7 Å². The zero-order valence-corrected chi connectivity index (χ0v) is 38.8. The van der Waals surface area contributed by atoms with Crippen LogP contribution in [0, 0.1) is 38.3 Å². The molecule has 299 valence electrons. The SMILES string of the molecule is CC(C)(C)Cc1cc(-c2[c-]cccc2)ncc1[Si](C)(C)C.Cc1cc2c(nc1C)oc1c(-c3nc4c(C)cccc4n3-c3ccccc3-c3ccccc3)[c-]ccc12.[Ir]. The average Bonchev–Trinajstić information content (AvgIpc) is 3.77. The second-order valence-corrected chi connectivity index (χ2v) is 22.6. The fourth-order valence-electron chi connectivity index (χ4n) is 7.79. The van der Waals surface area contributed by atoms with Crippen molar-refractivity contribution < 1.29 is 24.5 Å². The van der Waals surface area contributed by atoms with Gasteiger partial charge in [0.25, 0.3) is 0 Å². The number of rotatable bonds is 6. The molecule has 0 spiro atoms. The monoisotopic (exact) mass is 967 g/mol. The van der Waals surface area contributed by atoms with Crippen LogP contribution in [-0.4, -0.2) is 27.6 Å². The fourth-order valence-corrected chi connectivity index (χ4v) is 9.37. The Kier molecular flexibility index (Phi) is 11.8. The first kappa shape index (κ1) is 41.7. The Labute approximate surface area is 363 Å². The summed E-state index contributed by atoms with van der Waals surface area (Å²) < 4.78 is 8.65. The maximum absolute atomic E-state index is 6.41. The molecule has 5 nitrogen and oxygen atoms in total. The van der Waals surface area contributed by atoms with Crippen molar-refractivity contribution >= 4 is 46.4 Å². The summed E-state index contributed by atoms with van der Waals surface area (Å²) in [5.74, 6) is 0.797. The van der Waals surface area contributed by atoms with Gasteiger partial charge in [0.1, 0.15) is 0 Å². The van der Waals surface area contributed by atoms with Gasteiger partial charge in [-0.2, -0.15) is 0 Å². The number of aromatic nitrogens is 4. The molecule has 0 atom stereocenters. The van der Waals surface area contributed by atoms with Crippen LogP contribution in [0.2, 0.25) is 19.6 Å². The van der Waals surface area contributed by atoms with Crippen LogP contribution < -0.4 is 5.19 Å². The van der Waals surface area contributed by atoms with E-state index in [1.54, 1.807) is 0 Å². The molecule has 59 heavy (non-hydrogen) atoms. The molecule has 0 aliphatic carbocycles. The molecule has 7 heteroatoms. The van der Waals surface area contributed by atoms with E-state index < -0.39 is 8.07 Å². The number of fused-ring (bicyclic) bond motifs is 4. The Morgan fingerprint density at radius 1 is 0.729 bits per heavy atom. The van der Waals surface area contributed by atoms with E-state index in [4.69, 9.17) is 19.4 Å². The molecule has 4 heterocycles. The normalized spacial score (nSPS) is 11.7. The molecule has 0 aliphatic heterocycles. The number of hydrogen-bond donors (Lipinski definition) is 0. The van der Waals surface area contributed by atoms with Gasteiger partial charge in [0.05, 0.1) is 30.5 Å². The molecule has 9 aromatic rings. The smallest absolute Gasteiger partial charge is 0.216 e. The van der Waals surface area contributed by atoms with E-state index in [1.165, 1.54) is 10.8 Å². The molecular weight excluding hydrogens is 917 g/mol. The summed E-state index contributed by atoms with van der Waals surface area (Å²) in [4.78, 5) is 14.6. The summed E-state index contributed by atoms with van der Waals surface area (Å²) >= 11 is 0. The largest absolute Gasteiger partial charge is 0.486 e. The Bertz CT molecular complexity index is 2920. The van der Waals surface area contributed by atoms with Crippen molar-refractivity contribution in [2.24, 2.45) is 5.41 Å². The zero-order valence-electron chi connectivity index (χ0n) is 35.4. The first-order valence-electron chi connectivity index (χ1n) is 20.1. The number of para-hydroxylation sites is 2. The van der Waals surface area contributed by atoms with Crippen LogP contribution in [0.1, 0.15) is 43.2 Å². The van der Waals surface area contributed by atoms with Gasteiger partial charge in [0, 0.05) is 48.6 Å². The van der Waals surface area contributed by atoms with Gasteiger partial charge < -0.3 is 14.0 Å². The van der Waals surface area contributed by atoms with Crippen molar-refractivity contribution in [3.05, 3.63) is 162 Å². The maximum Gasteiger partial charge on any atom is 0.216 e. The number of benzene rings is 5. The first-order valence-corrected chi connectivity index (χ1v) is 23.6. The van der Waals surface area contributed by atoms with Gasteiger partial charge in [-0.05, 0) is 78.4 Å². The third-order valence-electron chi connectivity index (χ3n) is 10.7. The molecular formula is C52H50IrN4OSi-2. The Hall–Kier alpha value is -5.46. The van der Waals surface area contributed by atoms with Crippen LogP contribution in [-0.2, 0) is 26.5 Å². The molecule has 5 aromatic carbocycles. The van der Waals surface area contributed by atoms with Gasteiger partial charge in [-0.15, -0.1) is 54.1 Å². The van der Waals surface area contributed by atoms with E-state index in [1.807, 2.05) is 37.3 Å². The minimum absolute atomic E-state index is 0. The number of pyridine rings is 2. The van der Waals surface area contributed by atoms with E-state index in [2.05, 4.69) is 168 Å². The zero-order chi connectivity index (χ0) is 40.8. The summed E-state index contributed by atoms with van der Waals surface area (Å²) in [5, 5.41) is 3.51. The van der Waals surface area contributed by atoms with Crippen LogP contribution in [0.4, 0.5) is 0 Å². The molecule has 4 aromatic heterocycles. The Morgan fingerprint density at radius 3 is 2.20 bits per heavy atom. The van der Waals surface area contributed by atoms with Crippen LogP contribution in [0.25, 0.3) is 72.6 Å². The predicted molar refractivity (Wildman–Crippen MR) is 245 cm³/mol. The average molecular weight is 967 g/mol. The van der Waals surface area contributed by atoms with Crippen molar-refractivity contribution in [1.82, 2.24) is 19.5 Å². The van der Waals surface area contributed by atoms with Crippen LogP contribution in [0.3, 0.4) is 0 Å². The number of hydrogen-bond acceptors (Lipinski definition) is 4. The minimum Gasteiger partial charge on any atom is -0.486 e. The molecule has 0 bridgehead atoms. The molecule has 1 radical (unpaired) electrons. The molecule has 0 saturated heterocycles. The molecule has 0 saturated carbocycles. The molecule has 0 fully saturated rings. The van der Waals surface area contributed by atoms with E-state index in [0.29, 0.717) is 5.71 Å². The summed E-state index contributed by atoms with van der Waals surface area (Å²) in [5.41, 5.74) is 14.7. The van der Waals surface area contributed by atoms with Crippen molar-refractivity contribution in [1.29, 1.82) is 0 Å². The van der Waals surface area contributed by atoms with Gasteiger partial charge >= 0.3 is 0 Å². The van der Waals surface area contributed by atoms with Crippen LogP contribution in [0.5, 0.6) is 0 Å². The minimum atomic E-state index is -1.37. The number of furan rings is 1. The molecule has 0 N–H and O–H groups in total. The van der Waals surface area contributed by atoms with Gasteiger partial charge in [-0.1, -0.05) is 124 Å². The van der Waals surface area contributed by atoms with Crippen molar-refractivity contribution in [2.75, 3.05) is 0 Å². The van der Waals surface area contributed by atoms with Crippen LogP contribution in [0.15, 0.2) is 132 Å². The standard InChI is InChI=1S/C33H24N3O.C19H26NSi.Ir/c1-20-11-9-18-29-30(20)35-32(36(29)28-17-8-7-14-24(28)23-12-5-4-6-13-23)26-16-10-15-25-27-19-21(2)22(3)34-33(27)37-31(25)26;1-19(2,3)13-16-12-17(15-10-8-7-9-11-15)20-14-18(16)21(4,5)6;/h4-15,17-19H,1-3H3;7-10,12,14H,13H2,1-6H3;/q2*-1;. The first-order chi connectivity index (χ1) is 27.8.